The van der Waals surface area contributed by atoms with E-state index in [4.69, 9.17) is 15.6 Å². The van der Waals surface area contributed by atoms with Crippen molar-refractivity contribution in [1.29, 1.82) is 0 Å². The lowest BCUT2D eigenvalue weighted by atomic mass is 9.90. The van der Waals surface area contributed by atoms with Gasteiger partial charge in [0.2, 0.25) is 0 Å². The molecule has 1 aliphatic rings. The minimum absolute atomic E-state index is 0.0519. The molecule has 70 valence electrons. The minimum Gasteiger partial charge on any atom is -0.479 e. The third-order valence-electron chi connectivity index (χ3n) is 2.69. The van der Waals surface area contributed by atoms with E-state index < -0.39 is 12.1 Å². The van der Waals surface area contributed by atoms with Crippen molar-refractivity contribution in [1.82, 2.24) is 0 Å². The molecule has 0 aliphatic carbocycles. The van der Waals surface area contributed by atoms with Crippen molar-refractivity contribution >= 4 is 5.97 Å². The third-order valence-corrected chi connectivity index (χ3v) is 2.69. The first kappa shape index (κ1) is 9.48. The van der Waals surface area contributed by atoms with Crippen LogP contribution in [0.4, 0.5) is 0 Å². The van der Waals surface area contributed by atoms with Crippen molar-refractivity contribution < 1.29 is 14.6 Å². The number of carboxylic acids is 1. The van der Waals surface area contributed by atoms with Gasteiger partial charge in [0.1, 0.15) is 0 Å². The highest BCUT2D eigenvalue weighted by Gasteiger charge is 2.42. The van der Waals surface area contributed by atoms with Gasteiger partial charge in [0.15, 0.2) is 6.10 Å². The molecular weight excluding hydrogens is 158 g/mol. The monoisotopic (exact) mass is 173 g/mol. The van der Waals surface area contributed by atoms with Crippen LogP contribution in [0.5, 0.6) is 0 Å². The Morgan fingerprint density at radius 1 is 1.50 bits per heavy atom. The standard InChI is InChI=1S/C8H15NO3/c1-4-5(2)7(8(10)11)12-6(4)3-9/h4-7H,3,9H2,1-2H3,(H,10,11)/t4-,5+,6+,7?/m0/s1. The first-order chi connectivity index (χ1) is 5.57. The first-order valence-corrected chi connectivity index (χ1v) is 4.16. The fraction of sp³-hybridized carbons (Fsp3) is 0.875. The lowest BCUT2D eigenvalue weighted by Gasteiger charge is -2.12. The van der Waals surface area contributed by atoms with E-state index in [-0.39, 0.29) is 17.9 Å². The fourth-order valence-corrected chi connectivity index (χ4v) is 1.60. The minimum atomic E-state index is -0.884. The Morgan fingerprint density at radius 2 is 2.08 bits per heavy atom. The summed E-state index contributed by atoms with van der Waals surface area (Å²) in [5.41, 5.74) is 5.43. The highest BCUT2D eigenvalue weighted by Crippen LogP contribution is 2.31. The predicted octanol–water partition coefficient (Wildman–Crippen LogP) is 0.0693. The zero-order valence-electron chi connectivity index (χ0n) is 7.36. The molecule has 4 heteroatoms. The van der Waals surface area contributed by atoms with E-state index in [1.807, 2.05) is 13.8 Å². The number of carbonyl (C=O) groups is 1. The van der Waals surface area contributed by atoms with Gasteiger partial charge >= 0.3 is 5.97 Å². The zero-order chi connectivity index (χ0) is 9.30. The van der Waals surface area contributed by atoms with Gasteiger partial charge in [-0.25, -0.2) is 4.79 Å². The van der Waals surface area contributed by atoms with Crippen LogP contribution in [0, 0.1) is 11.8 Å². The van der Waals surface area contributed by atoms with Crippen molar-refractivity contribution in [2.75, 3.05) is 6.54 Å². The summed E-state index contributed by atoms with van der Waals surface area (Å²) in [6, 6.07) is 0. The van der Waals surface area contributed by atoms with Crippen LogP contribution in [0.2, 0.25) is 0 Å². The molecule has 1 heterocycles. The van der Waals surface area contributed by atoms with Crippen LogP contribution in [0.25, 0.3) is 0 Å². The largest absolute Gasteiger partial charge is 0.479 e. The van der Waals surface area contributed by atoms with Crippen LogP contribution >= 0.6 is 0 Å². The summed E-state index contributed by atoms with van der Waals surface area (Å²) in [5, 5.41) is 8.75. The number of nitrogens with two attached hydrogens (primary N) is 1. The van der Waals surface area contributed by atoms with Gasteiger partial charge in [0.05, 0.1) is 6.10 Å². The maximum absolute atomic E-state index is 10.7. The van der Waals surface area contributed by atoms with Gasteiger partial charge in [0, 0.05) is 6.54 Å². The molecular formula is C8H15NO3. The predicted molar refractivity (Wildman–Crippen MR) is 43.7 cm³/mol. The van der Waals surface area contributed by atoms with Gasteiger partial charge in [-0.15, -0.1) is 0 Å². The van der Waals surface area contributed by atoms with E-state index in [0.29, 0.717) is 6.54 Å². The summed E-state index contributed by atoms with van der Waals surface area (Å²) >= 11 is 0. The molecule has 0 aromatic rings. The van der Waals surface area contributed by atoms with Crippen LogP contribution in [0.15, 0.2) is 0 Å². The first-order valence-electron chi connectivity index (χ1n) is 4.16. The van der Waals surface area contributed by atoms with E-state index in [0.717, 1.165) is 0 Å². The quantitative estimate of drug-likeness (QED) is 0.619. The van der Waals surface area contributed by atoms with Gasteiger partial charge in [-0.2, -0.15) is 0 Å². The maximum atomic E-state index is 10.7. The van der Waals surface area contributed by atoms with E-state index in [1.54, 1.807) is 0 Å². The summed E-state index contributed by atoms with van der Waals surface area (Å²) < 4.78 is 5.27. The van der Waals surface area contributed by atoms with E-state index in [2.05, 4.69) is 0 Å². The van der Waals surface area contributed by atoms with Crippen LogP contribution in [0.1, 0.15) is 13.8 Å². The molecule has 0 saturated carbocycles. The SMILES string of the molecule is C[C@@H]1[C@@H](CN)OC(C(=O)O)[C@@H]1C. The second kappa shape index (κ2) is 3.41. The third kappa shape index (κ3) is 1.44. The smallest absolute Gasteiger partial charge is 0.333 e. The van der Waals surface area contributed by atoms with Crippen LogP contribution in [-0.2, 0) is 9.53 Å². The average molecular weight is 173 g/mol. The van der Waals surface area contributed by atoms with Crippen LogP contribution in [0.3, 0.4) is 0 Å². The fourth-order valence-electron chi connectivity index (χ4n) is 1.60. The summed E-state index contributed by atoms with van der Waals surface area (Å²) in [4.78, 5) is 10.7. The molecule has 1 unspecified atom stereocenters. The molecule has 4 nitrogen and oxygen atoms in total. The van der Waals surface area contributed by atoms with Crippen LogP contribution < -0.4 is 5.73 Å². The molecule has 4 atom stereocenters. The number of rotatable bonds is 2. The highest BCUT2D eigenvalue weighted by atomic mass is 16.5. The number of carboxylic acid groups (broad SMARTS) is 1. The molecule has 0 aromatic heterocycles. The number of aliphatic carboxylic acids is 1. The summed E-state index contributed by atoms with van der Waals surface area (Å²) in [6.45, 7) is 4.26. The number of hydrogen-bond donors (Lipinski definition) is 2. The Balaban J connectivity index is 2.66. The molecule has 1 aliphatic heterocycles. The molecule has 0 bridgehead atoms. The van der Waals surface area contributed by atoms with Gasteiger partial charge < -0.3 is 15.6 Å². The van der Waals surface area contributed by atoms with Gasteiger partial charge in [0.25, 0.3) is 0 Å². The van der Waals surface area contributed by atoms with E-state index in [1.165, 1.54) is 0 Å². The van der Waals surface area contributed by atoms with Gasteiger partial charge in [-0.05, 0) is 11.8 Å². The number of ether oxygens (including phenoxy) is 1. The Morgan fingerprint density at radius 3 is 2.33 bits per heavy atom. The van der Waals surface area contributed by atoms with Crippen molar-refractivity contribution in [3.63, 3.8) is 0 Å². The molecule has 0 radical (unpaired) electrons. The second-order valence-electron chi connectivity index (χ2n) is 3.39. The lowest BCUT2D eigenvalue weighted by molar-refractivity contribution is -0.150. The van der Waals surface area contributed by atoms with Crippen LogP contribution in [-0.4, -0.2) is 29.8 Å². The van der Waals surface area contributed by atoms with Gasteiger partial charge in [-0.3, -0.25) is 0 Å². The number of hydrogen-bond acceptors (Lipinski definition) is 3. The molecule has 1 rings (SSSR count). The van der Waals surface area contributed by atoms with Gasteiger partial charge in [-0.1, -0.05) is 13.8 Å². The summed E-state index contributed by atoms with van der Waals surface area (Å²) in [5.74, 6) is -0.600. The molecule has 0 amide bonds. The van der Waals surface area contributed by atoms with Crippen molar-refractivity contribution in [2.45, 2.75) is 26.1 Å². The lowest BCUT2D eigenvalue weighted by Crippen LogP contribution is -2.26. The molecule has 12 heavy (non-hydrogen) atoms. The molecule has 1 fully saturated rings. The molecule has 0 spiro atoms. The molecule has 0 aromatic carbocycles. The van der Waals surface area contributed by atoms with Crippen molar-refractivity contribution in [3.8, 4) is 0 Å². The summed E-state index contributed by atoms with van der Waals surface area (Å²) in [6.07, 6.45) is -0.769. The Kier molecular flexibility index (Phi) is 2.69. The Labute approximate surface area is 71.7 Å². The molecule has 3 N–H and O–H groups in total. The van der Waals surface area contributed by atoms with E-state index >= 15 is 0 Å². The van der Waals surface area contributed by atoms with Crippen molar-refractivity contribution in [2.24, 2.45) is 17.6 Å². The topological polar surface area (TPSA) is 72.5 Å². The highest BCUT2D eigenvalue weighted by molar-refractivity contribution is 5.73. The zero-order valence-corrected chi connectivity index (χ0v) is 7.36. The Bertz CT molecular complexity index is 183. The Hall–Kier alpha value is -0.610. The average Bonchev–Trinajstić information content (AvgIpc) is 2.30. The van der Waals surface area contributed by atoms with Crippen molar-refractivity contribution in [3.05, 3.63) is 0 Å². The summed E-state index contributed by atoms with van der Waals surface area (Å²) in [7, 11) is 0. The van der Waals surface area contributed by atoms with E-state index in [9.17, 15) is 4.79 Å². The second-order valence-corrected chi connectivity index (χ2v) is 3.39. The maximum Gasteiger partial charge on any atom is 0.333 e. The molecule has 1 saturated heterocycles. The normalized spacial score (nSPS) is 41.6.